The van der Waals surface area contributed by atoms with Gasteiger partial charge in [-0.05, 0) is 12.1 Å². The first-order valence-electron chi connectivity index (χ1n) is 4.39. The molecule has 0 radical (unpaired) electrons. The van der Waals surface area contributed by atoms with Crippen LogP contribution in [0.25, 0.3) is 5.78 Å². The first-order chi connectivity index (χ1) is 7.43. The summed E-state index contributed by atoms with van der Waals surface area (Å²) >= 11 is 0. The Hall–Kier alpha value is -2.37. The molecule has 3 heterocycles. The van der Waals surface area contributed by atoms with Crippen LogP contribution in [0.4, 0.5) is 11.7 Å². The SMILES string of the molecule is c1coc(Nc2ccnc3ncnn23)c1. The molecule has 0 bridgehead atoms. The van der Waals surface area contributed by atoms with Gasteiger partial charge in [0.2, 0.25) is 0 Å². The third-order valence-corrected chi connectivity index (χ3v) is 1.95. The van der Waals surface area contributed by atoms with E-state index in [1.165, 1.54) is 6.33 Å². The van der Waals surface area contributed by atoms with E-state index in [4.69, 9.17) is 4.42 Å². The Morgan fingerprint density at radius 2 is 2.27 bits per heavy atom. The number of furan rings is 1. The van der Waals surface area contributed by atoms with Crippen molar-refractivity contribution < 1.29 is 4.42 Å². The van der Waals surface area contributed by atoms with E-state index in [2.05, 4.69) is 20.4 Å². The summed E-state index contributed by atoms with van der Waals surface area (Å²) < 4.78 is 6.77. The second-order valence-corrected chi connectivity index (χ2v) is 2.90. The van der Waals surface area contributed by atoms with E-state index in [1.54, 1.807) is 23.0 Å². The maximum absolute atomic E-state index is 5.17. The van der Waals surface area contributed by atoms with Crippen LogP contribution in [0.5, 0.6) is 0 Å². The van der Waals surface area contributed by atoms with E-state index < -0.39 is 0 Å². The van der Waals surface area contributed by atoms with Crippen LogP contribution in [0.1, 0.15) is 0 Å². The highest BCUT2D eigenvalue weighted by atomic mass is 16.3. The number of nitrogens with zero attached hydrogens (tertiary/aromatic N) is 4. The zero-order chi connectivity index (χ0) is 10.1. The summed E-state index contributed by atoms with van der Waals surface area (Å²) in [5.41, 5.74) is 0. The zero-order valence-corrected chi connectivity index (χ0v) is 7.66. The van der Waals surface area contributed by atoms with Crippen molar-refractivity contribution in [2.24, 2.45) is 0 Å². The highest BCUT2D eigenvalue weighted by Gasteiger charge is 2.03. The molecule has 15 heavy (non-hydrogen) atoms. The average molecular weight is 201 g/mol. The van der Waals surface area contributed by atoms with Gasteiger partial charge in [-0.25, -0.2) is 4.98 Å². The van der Waals surface area contributed by atoms with Gasteiger partial charge in [-0.2, -0.15) is 14.6 Å². The lowest BCUT2D eigenvalue weighted by Gasteiger charge is -2.03. The highest BCUT2D eigenvalue weighted by molar-refractivity contribution is 5.52. The number of nitrogens with one attached hydrogen (secondary N) is 1. The van der Waals surface area contributed by atoms with Crippen molar-refractivity contribution in [1.29, 1.82) is 0 Å². The summed E-state index contributed by atoms with van der Waals surface area (Å²) in [7, 11) is 0. The molecule has 3 aromatic rings. The molecule has 6 nitrogen and oxygen atoms in total. The smallest absolute Gasteiger partial charge is 0.254 e. The number of rotatable bonds is 2. The standard InChI is InChI=1S/C9H7N5O/c1-2-8(15-5-1)13-7-3-4-10-9-11-6-12-14(7)9/h1-6,13H. The molecule has 0 spiro atoms. The van der Waals surface area contributed by atoms with Gasteiger partial charge in [0, 0.05) is 12.3 Å². The maximum atomic E-state index is 5.17. The number of hydrogen-bond donors (Lipinski definition) is 1. The normalized spacial score (nSPS) is 10.7. The minimum absolute atomic E-state index is 0.548. The fourth-order valence-electron chi connectivity index (χ4n) is 1.31. The fraction of sp³-hybridized carbons (Fsp3) is 0. The van der Waals surface area contributed by atoms with Crippen LogP contribution in [-0.4, -0.2) is 19.6 Å². The van der Waals surface area contributed by atoms with Crippen LogP contribution in [0.3, 0.4) is 0 Å². The number of hydrogen-bond acceptors (Lipinski definition) is 5. The Labute approximate surface area is 84.6 Å². The predicted octanol–water partition coefficient (Wildman–Crippen LogP) is 1.46. The molecule has 0 atom stereocenters. The van der Waals surface area contributed by atoms with Gasteiger partial charge in [-0.3, -0.25) is 0 Å². The molecule has 0 saturated heterocycles. The second-order valence-electron chi connectivity index (χ2n) is 2.90. The van der Waals surface area contributed by atoms with Gasteiger partial charge in [-0.1, -0.05) is 0 Å². The number of fused-ring (bicyclic) bond motifs is 1. The lowest BCUT2D eigenvalue weighted by atomic mass is 10.5. The molecule has 0 aromatic carbocycles. The number of anilines is 2. The molecule has 0 fully saturated rings. The largest absolute Gasteiger partial charge is 0.449 e. The Morgan fingerprint density at radius 3 is 3.13 bits per heavy atom. The van der Waals surface area contributed by atoms with Crippen LogP contribution in [0, 0.1) is 0 Å². The summed E-state index contributed by atoms with van der Waals surface area (Å²) in [4.78, 5) is 8.03. The molecule has 0 aliphatic carbocycles. The first kappa shape index (κ1) is 7.98. The average Bonchev–Trinajstić information content (AvgIpc) is 2.87. The lowest BCUT2D eigenvalue weighted by Crippen LogP contribution is -1.99. The lowest BCUT2D eigenvalue weighted by molar-refractivity contribution is 0.584. The van der Waals surface area contributed by atoms with Crippen molar-refractivity contribution >= 4 is 17.5 Å². The van der Waals surface area contributed by atoms with Crippen LogP contribution < -0.4 is 5.32 Å². The van der Waals surface area contributed by atoms with E-state index in [0.717, 1.165) is 5.82 Å². The van der Waals surface area contributed by atoms with Crippen molar-refractivity contribution in [2.75, 3.05) is 5.32 Å². The molecule has 0 saturated carbocycles. The van der Waals surface area contributed by atoms with Gasteiger partial charge in [0.15, 0.2) is 5.88 Å². The molecule has 6 heteroatoms. The minimum atomic E-state index is 0.548. The Kier molecular flexibility index (Phi) is 1.64. The topological polar surface area (TPSA) is 68.2 Å². The van der Waals surface area contributed by atoms with E-state index in [9.17, 15) is 0 Å². The van der Waals surface area contributed by atoms with Crippen LogP contribution >= 0.6 is 0 Å². The quantitative estimate of drug-likeness (QED) is 0.679. The molecule has 3 aromatic heterocycles. The molecule has 0 unspecified atom stereocenters. The molecular weight excluding hydrogens is 194 g/mol. The monoisotopic (exact) mass is 201 g/mol. The van der Waals surface area contributed by atoms with E-state index >= 15 is 0 Å². The first-order valence-corrected chi connectivity index (χ1v) is 4.39. The van der Waals surface area contributed by atoms with Gasteiger partial charge < -0.3 is 9.73 Å². The second kappa shape index (κ2) is 3.09. The van der Waals surface area contributed by atoms with Gasteiger partial charge in [0.1, 0.15) is 12.1 Å². The molecule has 3 rings (SSSR count). The Balaban J connectivity index is 2.07. The molecule has 0 aliphatic rings. The predicted molar refractivity (Wildman–Crippen MR) is 52.8 cm³/mol. The zero-order valence-electron chi connectivity index (χ0n) is 7.66. The van der Waals surface area contributed by atoms with Crippen molar-refractivity contribution in [2.45, 2.75) is 0 Å². The summed E-state index contributed by atoms with van der Waals surface area (Å²) in [6, 6.07) is 5.43. The maximum Gasteiger partial charge on any atom is 0.254 e. The Bertz CT molecular complexity index is 571. The summed E-state index contributed by atoms with van der Waals surface area (Å²) in [6.45, 7) is 0. The van der Waals surface area contributed by atoms with Crippen molar-refractivity contribution in [3.05, 3.63) is 37.0 Å². The van der Waals surface area contributed by atoms with Gasteiger partial charge in [-0.15, -0.1) is 0 Å². The third kappa shape index (κ3) is 1.32. The molecule has 0 aliphatic heterocycles. The molecule has 1 N–H and O–H groups in total. The molecular formula is C9H7N5O. The van der Waals surface area contributed by atoms with Gasteiger partial charge in [0.05, 0.1) is 6.26 Å². The van der Waals surface area contributed by atoms with E-state index in [0.29, 0.717) is 11.7 Å². The fourth-order valence-corrected chi connectivity index (χ4v) is 1.31. The van der Waals surface area contributed by atoms with Crippen LogP contribution in [0.2, 0.25) is 0 Å². The minimum Gasteiger partial charge on any atom is -0.449 e. The summed E-state index contributed by atoms with van der Waals surface area (Å²) in [5.74, 6) is 1.96. The highest BCUT2D eigenvalue weighted by Crippen LogP contribution is 2.15. The summed E-state index contributed by atoms with van der Waals surface area (Å²) in [5, 5.41) is 7.10. The number of aromatic nitrogens is 4. The molecule has 0 amide bonds. The van der Waals surface area contributed by atoms with E-state index in [-0.39, 0.29) is 0 Å². The summed E-state index contributed by atoms with van der Waals surface area (Å²) in [6.07, 6.45) is 4.72. The van der Waals surface area contributed by atoms with Gasteiger partial charge in [0.25, 0.3) is 5.78 Å². The van der Waals surface area contributed by atoms with Crippen LogP contribution in [-0.2, 0) is 0 Å². The van der Waals surface area contributed by atoms with Crippen LogP contribution in [0.15, 0.2) is 41.4 Å². The van der Waals surface area contributed by atoms with Gasteiger partial charge >= 0.3 is 0 Å². The van der Waals surface area contributed by atoms with Crippen molar-refractivity contribution in [3.63, 3.8) is 0 Å². The van der Waals surface area contributed by atoms with Crippen molar-refractivity contribution in [3.8, 4) is 0 Å². The van der Waals surface area contributed by atoms with Crippen molar-refractivity contribution in [1.82, 2.24) is 19.6 Å². The third-order valence-electron chi connectivity index (χ3n) is 1.95. The van der Waals surface area contributed by atoms with E-state index in [1.807, 2.05) is 12.1 Å². The Morgan fingerprint density at radius 1 is 1.27 bits per heavy atom. The molecule has 74 valence electrons.